The predicted molar refractivity (Wildman–Crippen MR) is 102 cm³/mol. The van der Waals surface area contributed by atoms with Crippen molar-refractivity contribution in [3.63, 3.8) is 0 Å². The molecule has 0 bridgehead atoms. The molecule has 2 aromatic rings. The second kappa shape index (κ2) is 7.53. The zero-order valence-electron chi connectivity index (χ0n) is 14.9. The molecule has 1 saturated heterocycles. The Bertz CT molecular complexity index is 921. The maximum absolute atomic E-state index is 13.8. The van der Waals surface area contributed by atoms with E-state index in [4.69, 9.17) is 11.6 Å². The Morgan fingerprint density at radius 3 is 2.44 bits per heavy atom. The number of ketones is 1. The van der Waals surface area contributed by atoms with E-state index in [2.05, 4.69) is 0 Å². The first-order valence-corrected chi connectivity index (χ1v) is 8.97. The summed E-state index contributed by atoms with van der Waals surface area (Å²) < 4.78 is 13.8. The van der Waals surface area contributed by atoms with Gasteiger partial charge in [0.25, 0.3) is 11.7 Å². The average molecular weight is 388 g/mol. The van der Waals surface area contributed by atoms with Gasteiger partial charge in [0.2, 0.25) is 0 Å². The maximum atomic E-state index is 13.8. The Morgan fingerprint density at radius 1 is 1.19 bits per heavy atom. The highest BCUT2D eigenvalue weighted by Gasteiger charge is 2.46. The summed E-state index contributed by atoms with van der Waals surface area (Å²) in [5.74, 6) is -2.17. The van der Waals surface area contributed by atoms with Crippen LogP contribution in [0.4, 0.5) is 4.39 Å². The quantitative estimate of drug-likeness (QED) is 0.475. The van der Waals surface area contributed by atoms with Crippen molar-refractivity contribution in [2.24, 2.45) is 5.92 Å². The van der Waals surface area contributed by atoms with E-state index in [1.54, 1.807) is 30.3 Å². The fraction of sp³-hybridized carbons (Fsp3) is 0.238. The van der Waals surface area contributed by atoms with E-state index in [1.165, 1.54) is 23.1 Å². The molecule has 0 radical (unpaired) electrons. The number of amides is 1. The van der Waals surface area contributed by atoms with Gasteiger partial charge < -0.3 is 10.0 Å². The standard InChI is InChI=1S/C21H19ClFNO3/c1-12(2)11-24-18(14-4-3-5-16(23)10-14)17(20(26)21(24)27)19(25)13-6-8-15(22)9-7-13/h3-10,12,18,25H,11H2,1-2H3/t18-/m0/s1. The van der Waals surface area contributed by atoms with Crippen LogP contribution >= 0.6 is 11.6 Å². The summed E-state index contributed by atoms with van der Waals surface area (Å²) >= 11 is 5.88. The fourth-order valence-electron chi connectivity index (χ4n) is 3.25. The molecule has 2 aromatic carbocycles. The molecule has 27 heavy (non-hydrogen) atoms. The monoisotopic (exact) mass is 387 g/mol. The van der Waals surface area contributed by atoms with Crippen LogP contribution in [-0.2, 0) is 9.59 Å². The fourth-order valence-corrected chi connectivity index (χ4v) is 3.37. The lowest BCUT2D eigenvalue weighted by Crippen LogP contribution is -2.33. The summed E-state index contributed by atoms with van der Waals surface area (Å²) in [6.45, 7) is 4.14. The number of likely N-dealkylation sites (tertiary alicyclic amines) is 1. The van der Waals surface area contributed by atoms with E-state index in [9.17, 15) is 19.1 Å². The minimum Gasteiger partial charge on any atom is -0.507 e. The molecular formula is C21H19ClFNO3. The molecule has 0 unspecified atom stereocenters. The first-order valence-electron chi connectivity index (χ1n) is 8.59. The van der Waals surface area contributed by atoms with Crippen LogP contribution in [0.2, 0.25) is 5.02 Å². The second-order valence-electron chi connectivity index (χ2n) is 6.91. The average Bonchev–Trinajstić information content (AvgIpc) is 2.86. The van der Waals surface area contributed by atoms with Crippen molar-refractivity contribution < 1.29 is 19.1 Å². The van der Waals surface area contributed by atoms with Crippen molar-refractivity contribution in [3.8, 4) is 0 Å². The van der Waals surface area contributed by atoms with E-state index in [1.807, 2.05) is 13.8 Å². The number of aliphatic hydroxyl groups excluding tert-OH is 1. The Kier molecular flexibility index (Phi) is 5.33. The normalized spacial score (nSPS) is 19.1. The number of benzene rings is 2. The van der Waals surface area contributed by atoms with Crippen LogP contribution < -0.4 is 0 Å². The van der Waals surface area contributed by atoms with Gasteiger partial charge in [-0.05, 0) is 47.9 Å². The molecule has 0 aromatic heterocycles. The van der Waals surface area contributed by atoms with Crippen molar-refractivity contribution in [1.29, 1.82) is 0 Å². The van der Waals surface area contributed by atoms with Gasteiger partial charge in [-0.2, -0.15) is 0 Å². The van der Waals surface area contributed by atoms with Gasteiger partial charge in [0.1, 0.15) is 11.6 Å². The highest BCUT2D eigenvalue weighted by Crippen LogP contribution is 2.40. The minimum absolute atomic E-state index is 0.0476. The van der Waals surface area contributed by atoms with Gasteiger partial charge in [-0.1, -0.05) is 37.6 Å². The van der Waals surface area contributed by atoms with Crippen molar-refractivity contribution in [1.82, 2.24) is 4.90 Å². The molecule has 1 fully saturated rings. The van der Waals surface area contributed by atoms with E-state index in [-0.39, 0.29) is 17.3 Å². The van der Waals surface area contributed by atoms with Gasteiger partial charge in [-0.25, -0.2) is 4.39 Å². The van der Waals surface area contributed by atoms with Gasteiger partial charge in [0, 0.05) is 17.1 Å². The first kappa shape index (κ1) is 19.1. The summed E-state index contributed by atoms with van der Waals surface area (Å²) in [4.78, 5) is 26.7. The highest BCUT2D eigenvalue weighted by molar-refractivity contribution is 6.46. The van der Waals surface area contributed by atoms with Gasteiger partial charge in [0.15, 0.2) is 0 Å². The molecule has 0 spiro atoms. The summed E-state index contributed by atoms with van der Waals surface area (Å²) in [5, 5.41) is 11.3. The maximum Gasteiger partial charge on any atom is 0.295 e. The number of Topliss-reactive ketones (excluding diaryl/α,β-unsaturated/α-hetero) is 1. The molecule has 1 N–H and O–H groups in total. The van der Waals surface area contributed by atoms with Crippen molar-refractivity contribution in [2.45, 2.75) is 19.9 Å². The zero-order valence-corrected chi connectivity index (χ0v) is 15.7. The first-order chi connectivity index (χ1) is 12.8. The number of hydrogen-bond acceptors (Lipinski definition) is 3. The summed E-state index contributed by atoms with van der Waals surface area (Å²) in [7, 11) is 0. The molecule has 1 heterocycles. The molecule has 1 aliphatic rings. The Morgan fingerprint density at radius 2 is 1.85 bits per heavy atom. The predicted octanol–water partition coefficient (Wildman–Crippen LogP) is 4.56. The van der Waals surface area contributed by atoms with E-state index >= 15 is 0 Å². The number of carbonyl (C=O) groups is 2. The number of carbonyl (C=O) groups excluding carboxylic acids is 2. The van der Waals surface area contributed by atoms with Crippen LogP contribution in [0.3, 0.4) is 0 Å². The topological polar surface area (TPSA) is 57.6 Å². The van der Waals surface area contributed by atoms with Gasteiger partial charge >= 0.3 is 0 Å². The van der Waals surface area contributed by atoms with Crippen LogP contribution in [0.5, 0.6) is 0 Å². The molecule has 140 valence electrons. The lowest BCUT2D eigenvalue weighted by Gasteiger charge is -2.26. The minimum atomic E-state index is -0.848. The van der Waals surface area contributed by atoms with Crippen molar-refractivity contribution in [2.75, 3.05) is 6.54 Å². The SMILES string of the molecule is CC(C)CN1C(=O)C(=O)C(=C(O)c2ccc(Cl)cc2)[C@@H]1c1cccc(F)c1. The third kappa shape index (κ3) is 3.74. The summed E-state index contributed by atoms with van der Waals surface area (Å²) in [6.07, 6.45) is 0. The smallest absolute Gasteiger partial charge is 0.295 e. The lowest BCUT2D eigenvalue weighted by molar-refractivity contribution is -0.140. The number of rotatable bonds is 4. The molecule has 1 amide bonds. The number of nitrogens with zero attached hydrogens (tertiary/aromatic N) is 1. The number of hydrogen-bond donors (Lipinski definition) is 1. The highest BCUT2D eigenvalue weighted by atomic mass is 35.5. The Balaban J connectivity index is 2.19. The van der Waals surface area contributed by atoms with Crippen molar-refractivity contribution >= 4 is 29.1 Å². The van der Waals surface area contributed by atoms with Gasteiger partial charge in [-0.3, -0.25) is 9.59 Å². The third-order valence-corrected chi connectivity index (χ3v) is 4.64. The summed E-state index contributed by atoms with van der Waals surface area (Å²) in [6, 6.07) is 11.2. The van der Waals surface area contributed by atoms with Crippen LogP contribution in [0, 0.1) is 11.7 Å². The molecule has 6 heteroatoms. The van der Waals surface area contributed by atoms with Gasteiger partial charge in [-0.15, -0.1) is 0 Å². The molecule has 4 nitrogen and oxygen atoms in total. The largest absolute Gasteiger partial charge is 0.507 e. The Hall–Kier alpha value is -2.66. The Labute approximate surface area is 161 Å². The lowest BCUT2D eigenvalue weighted by atomic mass is 9.95. The number of halogens is 2. The molecule has 1 aliphatic heterocycles. The molecular weight excluding hydrogens is 369 g/mol. The van der Waals surface area contributed by atoms with Crippen LogP contribution in [-0.4, -0.2) is 28.2 Å². The third-order valence-electron chi connectivity index (χ3n) is 4.38. The van der Waals surface area contributed by atoms with Crippen LogP contribution in [0.1, 0.15) is 31.0 Å². The summed E-state index contributed by atoms with van der Waals surface area (Å²) in [5.41, 5.74) is 0.752. The van der Waals surface area contributed by atoms with Crippen LogP contribution in [0.15, 0.2) is 54.1 Å². The van der Waals surface area contributed by atoms with Crippen molar-refractivity contribution in [3.05, 3.63) is 76.1 Å². The molecule has 0 saturated carbocycles. The second-order valence-corrected chi connectivity index (χ2v) is 7.34. The molecule has 0 aliphatic carbocycles. The van der Waals surface area contributed by atoms with E-state index < -0.39 is 23.5 Å². The molecule has 3 rings (SSSR count). The number of aliphatic hydroxyl groups is 1. The molecule has 1 atom stereocenters. The van der Waals surface area contributed by atoms with Gasteiger partial charge in [0.05, 0.1) is 11.6 Å². The van der Waals surface area contributed by atoms with E-state index in [0.29, 0.717) is 22.7 Å². The van der Waals surface area contributed by atoms with Crippen LogP contribution in [0.25, 0.3) is 5.76 Å². The zero-order chi connectivity index (χ0) is 19.7. The van der Waals surface area contributed by atoms with E-state index in [0.717, 1.165) is 0 Å².